The minimum atomic E-state index is -0.281. The number of H-pyrrole nitrogens is 1. The second-order valence-electron chi connectivity index (χ2n) is 7.42. The van der Waals surface area contributed by atoms with Crippen molar-refractivity contribution in [3.05, 3.63) is 17.5 Å². The normalized spacial score (nSPS) is 23.8. The molecular formula is C18H27N5O3. The van der Waals surface area contributed by atoms with E-state index in [2.05, 4.69) is 15.5 Å². The van der Waals surface area contributed by atoms with Crippen LogP contribution >= 0.6 is 0 Å². The van der Waals surface area contributed by atoms with Crippen molar-refractivity contribution in [2.75, 3.05) is 32.8 Å². The number of rotatable bonds is 4. The first-order chi connectivity index (χ1) is 12.7. The summed E-state index contributed by atoms with van der Waals surface area (Å²) >= 11 is 0. The van der Waals surface area contributed by atoms with Crippen LogP contribution in [0.2, 0.25) is 0 Å². The Kier molecular flexibility index (Phi) is 5.10. The largest absolute Gasteiger partial charge is 0.368 e. The molecule has 3 aliphatic rings. The molecule has 0 radical (unpaired) electrons. The van der Waals surface area contributed by atoms with Crippen LogP contribution in [0.4, 0.5) is 4.79 Å². The fourth-order valence-electron chi connectivity index (χ4n) is 3.66. The van der Waals surface area contributed by atoms with Crippen molar-refractivity contribution in [3.63, 3.8) is 0 Å². The maximum atomic E-state index is 12.5. The van der Waals surface area contributed by atoms with E-state index in [-0.39, 0.29) is 18.0 Å². The third kappa shape index (κ3) is 4.00. The lowest BCUT2D eigenvalue weighted by atomic mass is 10.2. The molecule has 1 saturated carbocycles. The van der Waals surface area contributed by atoms with Crippen LogP contribution in [0, 0.1) is 0 Å². The lowest BCUT2D eigenvalue weighted by molar-refractivity contribution is -0.140. The molecule has 0 spiro atoms. The van der Waals surface area contributed by atoms with Gasteiger partial charge in [0.1, 0.15) is 6.10 Å². The molecule has 0 bridgehead atoms. The molecule has 142 valence electrons. The van der Waals surface area contributed by atoms with Gasteiger partial charge in [-0.05, 0) is 38.2 Å². The second-order valence-corrected chi connectivity index (χ2v) is 7.42. The SMILES string of the molecule is O=C(NCc1cc(C2CC2)n[nH]1)N1CCCN(C(=O)[C@H]2CCCO2)CC1. The van der Waals surface area contributed by atoms with E-state index in [1.54, 1.807) is 4.90 Å². The smallest absolute Gasteiger partial charge is 0.317 e. The molecule has 1 aliphatic carbocycles. The maximum Gasteiger partial charge on any atom is 0.317 e. The van der Waals surface area contributed by atoms with Gasteiger partial charge in [-0.25, -0.2) is 4.79 Å². The number of carbonyl (C=O) groups is 2. The van der Waals surface area contributed by atoms with Crippen LogP contribution < -0.4 is 5.32 Å². The van der Waals surface area contributed by atoms with Gasteiger partial charge in [0.15, 0.2) is 0 Å². The Morgan fingerprint density at radius 1 is 1.15 bits per heavy atom. The van der Waals surface area contributed by atoms with Crippen molar-refractivity contribution in [2.24, 2.45) is 0 Å². The molecule has 2 N–H and O–H groups in total. The van der Waals surface area contributed by atoms with Gasteiger partial charge in [0.05, 0.1) is 17.9 Å². The third-order valence-electron chi connectivity index (χ3n) is 5.38. The molecule has 3 amide bonds. The van der Waals surface area contributed by atoms with E-state index < -0.39 is 0 Å². The first kappa shape index (κ1) is 17.3. The Labute approximate surface area is 153 Å². The van der Waals surface area contributed by atoms with Gasteiger partial charge in [-0.3, -0.25) is 9.89 Å². The van der Waals surface area contributed by atoms with E-state index in [0.29, 0.717) is 45.2 Å². The van der Waals surface area contributed by atoms with E-state index in [9.17, 15) is 9.59 Å². The van der Waals surface area contributed by atoms with Gasteiger partial charge in [-0.1, -0.05) is 0 Å². The van der Waals surface area contributed by atoms with Crippen molar-refractivity contribution < 1.29 is 14.3 Å². The van der Waals surface area contributed by atoms with Crippen LogP contribution in [0.15, 0.2) is 6.07 Å². The third-order valence-corrected chi connectivity index (χ3v) is 5.38. The molecule has 1 aromatic heterocycles. The van der Waals surface area contributed by atoms with Gasteiger partial charge >= 0.3 is 6.03 Å². The number of nitrogens with one attached hydrogen (secondary N) is 2. The fourth-order valence-corrected chi connectivity index (χ4v) is 3.66. The number of aromatic nitrogens is 2. The van der Waals surface area contributed by atoms with Gasteiger partial charge < -0.3 is 19.9 Å². The van der Waals surface area contributed by atoms with Crippen LogP contribution in [0.5, 0.6) is 0 Å². The molecule has 2 saturated heterocycles. The van der Waals surface area contributed by atoms with Crippen molar-refractivity contribution in [3.8, 4) is 0 Å². The van der Waals surface area contributed by atoms with Crippen molar-refractivity contribution >= 4 is 11.9 Å². The average Bonchev–Trinajstić information content (AvgIpc) is 3.24. The zero-order valence-electron chi connectivity index (χ0n) is 15.1. The number of nitrogens with zero attached hydrogens (tertiary/aromatic N) is 3. The predicted molar refractivity (Wildman–Crippen MR) is 94.5 cm³/mol. The highest BCUT2D eigenvalue weighted by Gasteiger charge is 2.30. The van der Waals surface area contributed by atoms with Crippen molar-refractivity contribution in [1.29, 1.82) is 0 Å². The lowest BCUT2D eigenvalue weighted by Crippen LogP contribution is -2.44. The summed E-state index contributed by atoms with van der Waals surface area (Å²) in [5.41, 5.74) is 2.04. The molecule has 1 aromatic rings. The number of carbonyl (C=O) groups excluding carboxylic acids is 2. The number of hydrogen-bond donors (Lipinski definition) is 2. The lowest BCUT2D eigenvalue weighted by Gasteiger charge is -2.24. The molecule has 4 rings (SSSR count). The standard InChI is InChI=1S/C18H27N5O3/c24-17(16-3-1-10-26-16)22-6-2-7-23(9-8-22)18(25)19-12-14-11-15(21-20-14)13-4-5-13/h11,13,16H,1-10,12H2,(H,19,25)(H,20,21)/t16-/m1/s1. The average molecular weight is 361 g/mol. The Hall–Kier alpha value is -2.09. The molecule has 0 unspecified atom stereocenters. The first-order valence-corrected chi connectivity index (χ1v) is 9.68. The maximum absolute atomic E-state index is 12.5. The predicted octanol–water partition coefficient (Wildman–Crippen LogP) is 1.21. The van der Waals surface area contributed by atoms with E-state index in [0.717, 1.165) is 30.7 Å². The van der Waals surface area contributed by atoms with Crippen molar-refractivity contribution in [1.82, 2.24) is 25.3 Å². The number of hydrogen-bond acceptors (Lipinski definition) is 4. The molecule has 26 heavy (non-hydrogen) atoms. The van der Waals surface area contributed by atoms with Gasteiger partial charge in [0.25, 0.3) is 5.91 Å². The van der Waals surface area contributed by atoms with Crippen molar-refractivity contribution in [2.45, 2.75) is 50.7 Å². The molecule has 8 heteroatoms. The van der Waals surface area contributed by atoms with Crippen LogP contribution in [0.25, 0.3) is 0 Å². The monoisotopic (exact) mass is 361 g/mol. The summed E-state index contributed by atoms with van der Waals surface area (Å²) in [6, 6.07) is 1.96. The fraction of sp³-hybridized carbons (Fsp3) is 0.722. The van der Waals surface area contributed by atoms with Gasteiger partial charge in [0, 0.05) is 38.7 Å². The summed E-state index contributed by atoms with van der Waals surface area (Å²) in [6.45, 7) is 3.61. The summed E-state index contributed by atoms with van der Waals surface area (Å²) in [4.78, 5) is 28.6. The van der Waals surface area contributed by atoms with E-state index >= 15 is 0 Å². The highest BCUT2D eigenvalue weighted by molar-refractivity contribution is 5.81. The zero-order chi connectivity index (χ0) is 17.9. The summed E-state index contributed by atoms with van der Waals surface area (Å²) in [7, 11) is 0. The molecule has 8 nitrogen and oxygen atoms in total. The minimum Gasteiger partial charge on any atom is -0.368 e. The molecule has 3 fully saturated rings. The Morgan fingerprint density at radius 2 is 1.96 bits per heavy atom. The minimum absolute atomic E-state index is 0.0785. The van der Waals surface area contributed by atoms with Crippen LogP contribution in [0.3, 0.4) is 0 Å². The first-order valence-electron chi connectivity index (χ1n) is 9.68. The quantitative estimate of drug-likeness (QED) is 0.843. The Morgan fingerprint density at radius 3 is 2.73 bits per heavy atom. The Bertz CT molecular complexity index is 651. The Balaban J connectivity index is 1.24. The van der Waals surface area contributed by atoms with Gasteiger partial charge in [-0.2, -0.15) is 5.10 Å². The van der Waals surface area contributed by atoms with Gasteiger partial charge in [-0.15, -0.1) is 0 Å². The topological polar surface area (TPSA) is 90.6 Å². The van der Waals surface area contributed by atoms with E-state index in [1.807, 2.05) is 11.0 Å². The highest BCUT2D eigenvalue weighted by atomic mass is 16.5. The van der Waals surface area contributed by atoms with E-state index in [4.69, 9.17) is 4.74 Å². The van der Waals surface area contributed by atoms with Crippen LogP contribution in [-0.2, 0) is 16.1 Å². The second kappa shape index (κ2) is 7.65. The van der Waals surface area contributed by atoms with E-state index in [1.165, 1.54) is 12.8 Å². The summed E-state index contributed by atoms with van der Waals surface area (Å²) < 4.78 is 5.50. The number of urea groups is 1. The molecule has 1 atom stereocenters. The van der Waals surface area contributed by atoms with Gasteiger partial charge in [0.2, 0.25) is 0 Å². The highest BCUT2D eigenvalue weighted by Crippen LogP contribution is 2.38. The van der Waals surface area contributed by atoms with Crippen LogP contribution in [-0.4, -0.2) is 70.8 Å². The number of amides is 3. The molecular weight excluding hydrogens is 334 g/mol. The molecule has 3 heterocycles. The molecule has 0 aromatic carbocycles. The molecule has 2 aliphatic heterocycles. The zero-order valence-corrected chi connectivity index (χ0v) is 15.1. The summed E-state index contributed by atoms with van der Waals surface area (Å²) in [5, 5.41) is 10.3. The van der Waals surface area contributed by atoms with Crippen LogP contribution in [0.1, 0.15) is 49.4 Å². The number of ether oxygens (including phenoxy) is 1. The summed E-state index contributed by atoms with van der Waals surface area (Å²) in [6.07, 6.45) is 4.71. The number of aromatic amines is 1. The summed E-state index contributed by atoms with van der Waals surface area (Å²) in [5.74, 6) is 0.684.